The largest absolute Gasteiger partial charge is 0.383 e. The molecule has 2 heterocycles. The normalized spacial score (nSPS) is 13.0. The van der Waals surface area contributed by atoms with Gasteiger partial charge in [-0.3, -0.25) is 10.1 Å². The SMILES string of the molecule is COCCn1nnc(-c2cccc(Nc3ccc(C(=O)Nc4ncccn4)cc3C3CC3)c2)n1. The number of nitrogens with one attached hydrogen (secondary N) is 2. The second-order valence-corrected chi connectivity index (χ2v) is 8.01. The first-order valence-electron chi connectivity index (χ1n) is 11.1. The van der Waals surface area contributed by atoms with Crippen molar-refractivity contribution in [3.05, 3.63) is 72.1 Å². The number of carbonyl (C=O) groups is 1. The molecular weight excluding hydrogens is 432 g/mol. The number of aromatic nitrogens is 6. The standard InChI is InChI=1S/C24H24N8O2/c1-34-13-12-32-30-22(29-31-32)17-4-2-5-19(14-17)27-21-9-8-18(15-20(21)16-6-7-16)23(33)28-24-25-10-3-11-26-24/h2-5,8-11,14-16,27H,6-7,12-13H2,1H3,(H,25,26,28,33). The highest BCUT2D eigenvalue weighted by Crippen LogP contribution is 2.44. The maximum absolute atomic E-state index is 12.7. The Labute approximate surface area is 196 Å². The minimum atomic E-state index is -0.232. The van der Waals surface area contributed by atoms with E-state index < -0.39 is 0 Å². The fourth-order valence-electron chi connectivity index (χ4n) is 3.61. The Morgan fingerprint density at radius 3 is 2.76 bits per heavy atom. The number of nitrogens with zero attached hydrogens (tertiary/aromatic N) is 6. The predicted molar refractivity (Wildman–Crippen MR) is 127 cm³/mol. The van der Waals surface area contributed by atoms with Gasteiger partial charge in [-0.1, -0.05) is 12.1 Å². The molecule has 1 aliphatic carbocycles. The number of methoxy groups -OCH3 is 1. The monoisotopic (exact) mass is 456 g/mol. The topological polar surface area (TPSA) is 120 Å². The van der Waals surface area contributed by atoms with Crippen LogP contribution in [0, 0.1) is 0 Å². The second kappa shape index (κ2) is 9.75. The van der Waals surface area contributed by atoms with E-state index in [4.69, 9.17) is 4.74 Å². The number of rotatable bonds is 9. The van der Waals surface area contributed by atoms with Crippen molar-refractivity contribution in [3.63, 3.8) is 0 Å². The van der Waals surface area contributed by atoms with E-state index in [0.29, 0.717) is 30.5 Å². The summed E-state index contributed by atoms with van der Waals surface area (Å²) in [5.74, 6) is 1.04. The van der Waals surface area contributed by atoms with Gasteiger partial charge in [-0.2, -0.15) is 4.80 Å². The van der Waals surface area contributed by atoms with Crippen LogP contribution in [0.3, 0.4) is 0 Å². The molecule has 0 atom stereocenters. The zero-order valence-corrected chi connectivity index (χ0v) is 18.7. The van der Waals surface area contributed by atoms with E-state index in [1.54, 1.807) is 31.6 Å². The van der Waals surface area contributed by atoms with E-state index in [0.717, 1.165) is 35.3 Å². The van der Waals surface area contributed by atoms with Crippen LogP contribution in [0.2, 0.25) is 0 Å². The van der Waals surface area contributed by atoms with Crippen LogP contribution in [0.15, 0.2) is 60.9 Å². The van der Waals surface area contributed by atoms with Gasteiger partial charge in [-0.05, 0) is 65.9 Å². The van der Waals surface area contributed by atoms with Crippen molar-refractivity contribution in [3.8, 4) is 11.4 Å². The zero-order chi connectivity index (χ0) is 23.3. The minimum absolute atomic E-state index is 0.232. The Balaban J connectivity index is 1.35. The summed E-state index contributed by atoms with van der Waals surface area (Å²) in [5, 5.41) is 18.9. The molecule has 0 saturated heterocycles. The molecule has 1 fully saturated rings. The first kappa shape index (κ1) is 21.7. The smallest absolute Gasteiger partial charge is 0.258 e. The van der Waals surface area contributed by atoms with E-state index in [1.165, 1.54) is 4.80 Å². The number of anilines is 3. The van der Waals surface area contributed by atoms with Gasteiger partial charge >= 0.3 is 0 Å². The van der Waals surface area contributed by atoms with Crippen LogP contribution in [0.5, 0.6) is 0 Å². The number of hydrogen-bond acceptors (Lipinski definition) is 8. The van der Waals surface area contributed by atoms with Gasteiger partial charge in [0.2, 0.25) is 11.8 Å². The van der Waals surface area contributed by atoms with Gasteiger partial charge in [0.05, 0.1) is 13.2 Å². The quantitative estimate of drug-likeness (QED) is 0.392. The van der Waals surface area contributed by atoms with Crippen molar-refractivity contribution in [2.24, 2.45) is 0 Å². The van der Waals surface area contributed by atoms with Crippen LogP contribution in [-0.4, -0.2) is 49.8 Å². The van der Waals surface area contributed by atoms with E-state index in [-0.39, 0.29) is 11.9 Å². The van der Waals surface area contributed by atoms with Gasteiger partial charge in [0.1, 0.15) is 0 Å². The van der Waals surface area contributed by atoms with Crippen molar-refractivity contribution in [1.82, 2.24) is 30.2 Å². The number of hydrogen-bond donors (Lipinski definition) is 2. The molecule has 2 aromatic carbocycles. The van der Waals surface area contributed by atoms with E-state index in [2.05, 4.69) is 36.0 Å². The molecule has 4 aromatic rings. The minimum Gasteiger partial charge on any atom is -0.383 e. The maximum atomic E-state index is 12.7. The molecule has 0 bridgehead atoms. The van der Waals surface area contributed by atoms with Gasteiger partial charge in [0, 0.05) is 42.0 Å². The second-order valence-electron chi connectivity index (χ2n) is 8.01. The lowest BCUT2D eigenvalue weighted by molar-refractivity contribution is 0.102. The number of amides is 1. The maximum Gasteiger partial charge on any atom is 0.258 e. The van der Waals surface area contributed by atoms with Gasteiger partial charge in [-0.15, -0.1) is 10.2 Å². The molecule has 10 heteroatoms. The summed E-state index contributed by atoms with van der Waals surface area (Å²) in [4.78, 5) is 22.3. The molecule has 2 N–H and O–H groups in total. The molecular formula is C24H24N8O2. The summed E-state index contributed by atoms with van der Waals surface area (Å²) in [7, 11) is 1.64. The molecule has 172 valence electrons. The summed E-state index contributed by atoms with van der Waals surface area (Å²) >= 11 is 0. The number of benzene rings is 2. The van der Waals surface area contributed by atoms with Crippen molar-refractivity contribution >= 4 is 23.2 Å². The lowest BCUT2D eigenvalue weighted by Gasteiger charge is -2.14. The Morgan fingerprint density at radius 1 is 1.12 bits per heavy atom. The molecule has 34 heavy (non-hydrogen) atoms. The summed E-state index contributed by atoms with van der Waals surface area (Å²) in [6.45, 7) is 1.07. The number of carbonyl (C=O) groups excluding carboxylic acids is 1. The van der Waals surface area contributed by atoms with E-state index >= 15 is 0 Å². The molecule has 5 rings (SSSR count). The summed E-state index contributed by atoms with van der Waals surface area (Å²) in [6, 6.07) is 15.3. The van der Waals surface area contributed by atoms with E-state index in [9.17, 15) is 4.79 Å². The van der Waals surface area contributed by atoms with Crippen LogP contribution in [0.25, 0.3) is 11.4 Å². The third kappa shape index (κ3) is 5.07. The third-order valence-electron chi connectivity index (χ3n) is 5.47. The summed E-state index contributed by atoms with van der Waals surface area (Å²) < 4.78 is 5.06. The molecule has 0 aliphatic heterocycles. The third-order valence-corrected chi connectivity index (χ3v) is 5.47. The van der Waals surface area contributed by atoms with Crippen molar-refractivity contribution in [2.45, 2.75) is 25.3 Å². The van der Waals surface area contributed by atoms with Crippen LogP contribution in [-0.2, 0) is 11.3 Å². The van der Waals surface area contributed by atoms with Gasteiger partial charge < -0.3 is 10.1 Å². The van der Waals surface area contributed by atoms with Crippen LogP contribution in [0.4, 0.5) is 17.3 Å². The Hall–Kier alpha value is -4.18. The summed E-state index contributed by atoms with van der Waals surface area (Å²) in [5.41, 5.74) is 4.44. The molecule has 1 saturated carbocycles. The molecule has 0 spiro atoms. The van der Waals surface area contributed by atoms with Gasteiger partial charge in [0.25, 0.3) is 5.91 Å². The van der Waals surface area contributed by atoms with Crippen molar-refractivity contribution in [2.75, 3.05) is 24.4 Å². The molecule has 1 amide bonds. The predicted octanol–water partition coefficient (Wildman–Crippen LogP) is 3.65. The van der Waals surface area contributed by atoms with Crippen molar-refractivity contribution in [1.29, 1.82) is 0 Å². The molecule has 0 radical (unpaired) electrons. The molecule has 2 aromatic heterocycles. The Kier molecular flexibility index (Phi) is 6.21. The first-order valence-corrected chi connectivity index (χ1v) is 11.1. The fourth-order valence-corrected chi connectivity index (χ4v) is 3.61. The summed E-state index contributed by atoms with van der Waals surface area (Å²) in [6.07, 6.45) is 5.40. The Bertz CT molecular complexity index is 1290. The first-order chi connectivity index (χ1) is 16.7. The Morgan fingerprint density at radius 2 is 1.97 bits per heavy atom. The van der Waals surface area contributed by atoms with Gasteiger partial charge in [-0.25, -0.2) is 9.97 Å². The lowest BCUT2D eigenvalue weighted by Crippen LogP contribution is -2.14. The average molecular weight is 457 g/mol. The van der Waals surface area contributed by atoms with Crippen LogP contribution < -0.4 is 10.6 Å². The highest BCUT2D eigenvalue weighted by Gasteiger charge is 2.27. The zero-order valence-electron chi connectivity index (χ0n) is 18.7. The highest BCUT2D eigenvalue weighted by molar-refractivity contribution is 6.03. The van der Waals surface area contributed by atoms with Crippen molar-refractivity contribution < 1.29 is 9.53 Å². The average Bonchev–Trinajstić information content (AvgIpc) is 3.60. The molecule has 1 aliphatic rings. The lowest BCUT2D eigenvalue weighted by atomic mass is 10.0. The molecule has 0 unspecified atom stereocenters. The van der Waals surface area contributed by atoms with E-state index in [1.807, 2.05) is 36.4 Å². The number of tetrazole rings is 1. The van der Waals surface area contributed by atoms with Crippen LogP contribution >= 0.6 is 0 Å². The number of ether oxygens (including phenoxy) is 1. The van der Waals surface area contributed by atoms with Gasteiger partial charge in [0.15, 0.2) is 0 Å². The van der Waals surface area contributed by atoms with Crippen LogP contribution in [0.1, 0.15) is 34.7 Å². The fraction of sp³-hybridized carbons (Fsp3) is 0.250. The highest BCUT2D eigenvalue weighted by atomic mass is 16.5. The molecule has 10 nitrogen and oxygen atoms in total.